The first-order valence-electron chi connectivity index (χ1n) is 7.10. The van der Waals surface area contributed by atoms with Crippen molar-refractivity contribution in [3.8, 4) is 0 Å². The third-order valence-corrected chi connectivity index (χ3v) is 5.14. The van der Waals surface area contributed by atoms with Crippen LogP contribution in [0.5, 0.6) is 0 Å². The molecule has 0 atom stereocenters. The quantitative estimate of drug-likeness (QED) is 0.368. The van der Waals surface area contributed by atoms with Crippen LogP contribution in [-0.2, 0) is 10.9 Å². The Hall–Kier alpha value is -1.43. The fraction of sp³-hybridized carbons (Fsp3) is 0.250. The van der Waals surface area contributed by atoms with Gasteiger partial charge in [0, 0.05) is 0 Å². The molecule has 0 saturated carbocycles. The van der Waals surface area contributed by atoms with E-state index in [4.69, 9.17) is 0 Å². The number of halogens is 4. The zero-order valence-corrected chi connectivity index (χ0v) is 13.2. The average molecular weight is 330 g/mol. The van der Waals surface area contributed by atoms with E-state index in [9.17, 15) is 17.3 Å². The van der Waals surface area contributed by atoms with Crippen LogP contribution in [0.1, 0.15) is 19.8 Å². The van der Waals surface area contributed by atoms with Gasteiger partial charge >= 0.3 is 7.25 Å². The Labute approximate surface area is 132 Å². The summed E-state index contributed by atoms with van der Waals surface area (Å²) in [5.41, 5.74) is 0. The van der Waals surface area contributed by atoms with Gasteiger partial charge in [-0.25, -0.2) is 0 Å². The van der Waals surface area contributed by atoms with Crippen LogP contribution in [0, 0.1) is 0 Å². The van der Waals surface area contributed by atoms with E-state index in [1.165, 1.54) is 28.4 Å². The third-order valence-electron chi connectivity index (χ3n) is 2.76. The summed E-state index contributed by atoms with van der Waals surface area (Å²) >= 11 is 0. The highest BCUT2D eigenvalue weighted by atomic mass is 32.2. The van der Waals surface area contributed by atoms with Crippen LogP contribution < -0.4 is 0 Å². The first kappa shape index (κ1) is 18.6. The molecule has 0 aliphatic rings. The molecule has 2 aromatic carbocycles. The Kier molecular flexibility index (Phi) is 8.10. The molecule has 0 saturated heterocycles. The summed E-state index contributed by atoms with van der Waals surface area (Å²) < 4.78 is 39.0. The van der Waals surface area contributed by atoms with Crippen LogP contribution in [0.25, 0.3) is 0 Å². The highest BCUT2D eigenvalue weighted by Gasteiger charge is 2.23. The van der Waals surface area contributed by atoms with Gasteiger partial charge in [-0.05, 0) is 30.7 Å². The zero-order valence-electron chi connectivity index (χ0n) is 12.4. The predicted molar refractivity (Wildman–Crippen MR) is 86.7 cm³/mol. The van der Waals surface area contributed by atoms with Gasteiger partial charge in [-0.2, -0.15) is 0 Å². The molecule has 0 aromatic heterocycles. The molecule has 0 heterocycles. The highest BCUT2D eigenvalue weighted by molar-refractivity contribution is 7.97. The SMILES string of the molecule is CCCC[S+](c1ccccc1)c1ccccc1.F[B-](F)(F)F. The maximum absolute atomic E-state index is 9.75. The number of unbranched alkanes of at least 4 members (excludes halogenated alkanes) is 1. The summed E-state index contributed by atoms with van der Waals surface area (Å²) in [7, 11) is -5.75. The summed E-state index contributed by atoms with van der Waals surface area (Å²) in [5.74, 6) is 1.27. The topological polar surface area (TPSA) is 0 Å². The molecule has 0 aliphatic heterocycles. The first-order chi connectivity index (χ1) is 10.4. The lowest BCUT2D eigenvalue weighted by molar-refractivity contribution is 0.368. The molecule has 0 radical (unpaired) electrons. The molecule has 2 rings (SSSR count). The van der Waals surface area contributed by atoms with E-state index in [0.717, 1.165) is 0 Å². The van der Waals surface area contributed by atoms with Crippen molar-refractivity contribution in [2.75, 3.05) is 5.75 Å². The van der Waals surface area contributed by atoms with Crippen molar-refractivity contribution >= 4 is 18.1 Å². The van der Waals surface area contributed by atoms with Gasteiger partial charge in [-0.15, -0.1) is 0 Å². The van der Waals surface area contributed by atoms with E-state index in [1.54, 1.807) is 0 Å². The monoisotopic (exact) mass is 330 g/mol. The summed E-state index contributed by atoms with van der Waals surface area (Å²) in [6, 6.07) is 21.8. The number of hydrogen-bond donors (Lipinski definition) is 0. The van der Waals surface area contributed by atoms with Crippen molar-refractivity contribution in [1.29, 1.82) is 0 Å². The molecule has 2 aromatic rings. The maximum Gasteiger partial charge on any atom is 0.673 e. The fourth-order valence-corrected chi connectivity index (χ4v) is 4.12. The lowest BCUT2D eigenvalue weighted by Gasteiger charge is -2.07. The molecule has 0 fully saturated rings. The molecule has 22 heavy (non-hydrogen) atoms. The van der Waals surface area contributed by atoms with Crippen molar-refractivity contribution < 1.29 is 17.3 Å². The predicted octanol–water partition coefficient (Wildman–Crippen LogP) is 5.82. The second-order valence-electron chi connectivity index (χ2n) is 4.57. The molecular formula is C16H19BF4S. The summed E-state index contributed by atoms with van der Waals surface area (Å²) in [4.78, 5) is 2.93. The van der Waals surface area contributed by atoms with Crippen LogP contribution in [0.4, 0.5) is 17.3 Å². The minimum absolute atomic E-state index is 0.249. The van der Waals surface area contributed by atoms with E-state index < -0.39 is 7.25 Å². The van der Waals surface area contributed by atoms with Crippen LogP contribution in [-0.4, -0.2) is 13.0 Å². The Morgan fingerprint density at radius 2 is 1.14 bits per heavy atom. The van der Waals surface area contributed by atoms with E-state index in [-0.39, 0.29) is 10.9 Å². The van der Waals surface area contributed by atoms with Gasteiger partial charge in [0.05, 0.1) is 10.9 Å². The summed E-state index contributed by atoms with van der Waals surface area (Å²) in [6.07, 6.45) is 2.57. The average Bonchev–Trinajstić information content (AvgIpc) is 2.48. The molecule has 120 valence electrons. The number of hydrogen-bond acceptors (Lipinski definition) is 0. The standard InChI is InChI=1S/C16H19S.BF4/c1-2-3-14-17(15-10-6-4-7-11-15)16-12-8-5-9-13-16;2-1(3,4)5/h4-13H,2-3,14H2,1H3;/q+1;-1. The van der Waals surface area contributed by atoms with Gasteiger partial charge in [0.15, 0.2) is 9.79 Å². The van der Waals surface area contributed by atoms with Gasteiger partial charge < -0.3 is 17.3 Å². The Bertz CT molecular complexity index is 471. The van der Waals surface area contributed by atoms with Gasteiger partial charge in [0.25, 0.3) is 0 Å². The minimum atomic E-state index is -6.00. The van der Waals surface area contributed by atoms with Gasteiger partial charge in [-0.3, -0.25) is 0 Å². The third kappa shape index (κ3) is 8.12. The molecular weight excluding hydrogens is 311 g/mol. The Morgan fingerprint density at radius 1 is 0.773 bits per heavy atom. The highest BCUT2D eigenvalue weighted by Crippen LogP contribution is 2.24. The second kappa shape index (κ2) is 9.56. The van der Waals surface area contributed by atoms with E-state index in [2.05, 4.69) is 67.6 Å². The molecule has 0 nitrogen and oxygen atoms in total. The van der Waals surface area contributed by atoms with Crippen molar-refractivity contribution in [2.24, 2.45) is 0 Å². The van der Waals surface area contributed by atoms with Crippen LogP contribution >= 0.6 is 0 Å². The molecule has 0 amide bonds. The minimum Gasteiger partial charge on any atom is -0.418 e. The van der Waals surface area contributed by atoms with Crippen molar-refractivity contribution in [2.45, 2.75) is 29.6 Å². The lowest BCUT2D eigenvalue weighted by atomic mass is 10.3. The Morgan fingerprint density at radius 3 is 1.45 bits per heavy atom. The van der Waals surface area contributed by atoms with E-state index >= 15 is 0 Å². The second-order valence-corrected chi connectivity index (χ2v) is 6.70. The number of benzene rings is 2. The van der Waals surface area contributed by atoms with Crippen molar-refractivity contribution in [3.63, 3.8) is 0 Å². The Balaban J connectivity index is 0.000000422. The van der Waals surface area contributed by atoms with E-state index in [1.807, 2.05) is 0 Å². The van der Waals surface area contributed by atoms with Crippen molar-refractivity contribution in [1.82, 2.24) is 0 Å². The zero-order chi connectivity index (χ0) is 16.4. The molecule has 0 spiro atoms. The van der Waals surface area contributed by atoms with Gasteiger partial charge in [0.2, 0.25) is 0 Å². The molecule has 6 heteroatoms. The van der Waals surface area contributed by atoms with E-state index in [0.29, 0.717) is 0 Å². The fourth-order valence-electron chi connectivity index (χ4n) is 1.83. The molecule has 0 N–H and O–H groups in total. The number of rotatable bonds is 5. The maximum atomic E-state index is 9.75. The normalized spacial score (nSPS) is 11.0. The van der Waals surface area contributed by atoms with Crippen LogP contribution in [0.3, 0.4) is 0 Å². The summed E-state index contributed by atoms with van der Waals surface area (Å²) in [6.45, 7) is 2.26. The van der Waals surface area contributed by atoms with Crippen LogP contribution in [0.2, 0.25) is 0 Å². The molecule has 0 bridgehead atoms. The first-order valence-corrected chi connectivity index (χ1v) is 8.49. The smallest absolute Gasteiger partial charge is 0.418 e. The van der Waals surface area contributed by atoms with Gasteiger partial charge in [0.1, 0.15) is 5.75 Å². The van der Waals surface area contributed by atoms with Gasteiger partial charge in [-0.1, -0.05) is 49.7 Å². The molecule has 0 unspecified atom stereocenters. The van der Waals surface area contributed by atoms with Crippen LogP contribution in [0.15, 0.2) is 70.5 Å². The summed E-state index contributed by atoms with van der Waals surface area (Å²) in [5, 5.41) is 0. The molecule has 0 aliphatic carbocycles. The largest absolute Gasteiger partial charge is 0.673 e. The lowest BCUT2D eigenvalue weighted by Crippen LogP contribution is -2.08. The van der Waals surface area contributed by atoms with Crippen molar-refractivity contribution in [3.05, 3.63) is 60.7 Å².